The topological polar surface area (TPSA) is 72.7 Å². The first-order valence-electron chi connectivity index (χ1n) is 10.9. The highest BCUT2D eigenvalue weighted by molar-refractivity contribution is 7.98. The monoisotopic (exact) mass is 535 g/mol. The molecule has 0 atom stereocenters. The predicted octanol–water partition coefficient (Wildman–Crippen LogP) is 6.65. The van der Waals surface area contributed by atoms with E-state index < -0.39 is 11.7 Å². The Kier molecular flexibility index (Phi) is 7.41. The lowest BCUT2D eigenvalue weighted by Crippen LogP contribution is -2.13. The SMILES string of the molecule is O=C(Nc1ccccc1F)c1csc(CSc2nnc(Cc3ccccc3)n2-c2cccc(Cl)c2)n1. The van der Waals surface area contributed by atoms with Gasteiger partial charge in [-0.15, -0.1) is 21.5 Å². The van der Waals surface area contributed by atoms with Crippen LogP contribution in [0.3, 0.4) is 0 Å². The summed E-state index contributed by atoms with van der Waals surface area (Å²) in [7, 11) is 0. The number of halogens is 2. The fourth-order valence-corrected chi connectivity index (χ4v) is 5.47. The van der Waals surface area contributed by atoms with Crippen molar-refractivity contribution in [3.63, 3.8) is 0 Å². The summed E-state index contributed by atoms with van der Waals surface area (Å²) in [6.45, 7) is 0. The third-order valence-corrected chi connectivity index (χ3v) is 7.41. The number of aromatic nitrogens is 4. The molecule has 0 bridgehead atoms. The molecule has 5 rings (SSSR count). The van der Waals surface area contributed by atoms with Crippen LogP contribution in [-0.4, -0.2) is 25.7 Å². The van der Waals surface area contributed by atoms with Gasteiger partial charge >= 0.3 is 0 Å². The number of nitrogens with one attached hydrogen (secondary N) is 1. The van der Waals surface area contributed by atoms with E-state index in [1.165, 1.54) is 35.2 Å². The molecule has 1 N–H and O–H groups in total. The van der Waals surface area contributed by atoms with Crippen LogP contribution >= 0.6 is 34.7 Å². The molecule has 0 radical (unpaired) electrons. The van der Waals surface area contributed by atoms with Crippen molar-refractivity contribution in [3.8, 4) is 5.69 Å². The molecule has 2 aromatic heterocycles. The van der Waals surface area contributed by atoms with E-state index in [-0.39, 0.29) is 11.4 Å². The second-order valence-corrected chi connectivity index (χ2v) is 10.0. The Morgan fingerprint density at radius 3 is 2.64 bits per heavy atom. The van der Waals surface area contributed by atoms with Crippen LogP contribution in [0.1, 0.15) is 26.9 Å². The van der Waals surface area contributed by atoms with Gasteiger partial charge in [0, 0.05) is 16.8 Å². The molecule has 0 aliphatic carbocycles. The number of para-hydroxylation sites is 1. The van der Waals surface area contributed by atoms with Gasteiger partial charge in [0.05, 0.1) is 17.1 Å². The summed E-state index contributed by atoms with van der Waals surface area (Å²) in [4.78, 5) is 16.9. The van der Waals surface area contributed by atoms with Crippen molar-refractivity contribution in [1.82, 2.24) is 19.7 Å². The zero-order valence-corrected chi connectivity index (χ0v) is 21.2. The van der Waals surface area contributed by atoms with E-state index in [9.17, 15) is 9.18 Å². The van der Waals surface area contributed by atoms with Gasteiger partial charge in [-0.05, 0) is 35.9 Å². The summed E-state index contributed by atoms with van der Waals surface area (Å²) in [6, 6.07) is 23.6. The van der Waals surface area contributed by atoms with Crippen molar-refractivity contribution >= 4 is 46.3 Å². The van der Waals surface area contributed by atoms with Gasteiger partial charge < -0.3 is 5.32 Å². The van der Waals surface area contributed by atoms with E-state index in [1.807, 2.05) is 59.2 Å². The normalized spacial score (nSPS) is 10.9. The number of anilines is 1. The largest absolute Gasteiger partial charge is 0.318 e. The number of thioether (sulfide) groups is 1. The number of thiazole rings is 1. The smallest absolute Gasteiger partial charge is 0.275 e. The number of benzene rings is 3. The number of hydrogen-bond acceptors (Lipinski definition) is 6. The van der Waals surface area contributed by atoms with Crippen molar-refractivity contribution in [2.45, 2.75) is 17.3 Å². The van der Waals surface area contributed by atoms with E-state index in [4.69, 9.17) is 11.6 Å². The van der Waals surface area contributed by atoms with Crippen molar-refractivity contribution < 1.29 is 9.18 Å². The van der Waals surface area contributed by atoms with Gasteiger partial charge in [-0.1, -0.05) is 71.9 Å². The molecule has 2 heterocycles. The maximum atomic E-state index is 13.9. The Labute approximate surface area is 220 Å². The number of nitrogens with zero attached hydrogens (tertiary/aromatic N) is 4. The number of carbonyl (C=O) groups excluding carboxylic acids is 1. The molecule has 0 saturated carbocycles. The highest BCUT2D eigenvalue weighted by Gasteiger charge is 2.18. The van der Waals surface area contributed by atoms with Gasteiger partial charge in [-0.3, -0.25) is 9.36 Å². The third-order valence-electron chi connectivity index (χ3n) is 5.20. The molecule has 10 heteroatoms. The van der Waals surface area contributed by atoms with Gasteiger partial charge in [0.1, 0.15) is 22.3 Å². The Morgan fingerprint density at radius 2 is 1.83 bits per heavy atom. The molecular weight excluding hydrogens is 517 g/mol. The van der Waals surface area contributed by atoms with Crippen LogP contribution < -0.4 is 5.32 Å². The average molecular weight is 536 g/mol. The molecule has 0 spiro atoms. The van der Waals surface area contributed by atoms with E-state index >= 15 is 0 Å². The summed E-state index contributed by atoms with van der Waals surface area (Å²) < 4.78 is 15.9. The Morgan fingerprint density at radius 1 is 1.03 bits per heavy atom. The Balaban J connectivity index is 1.34. The number of amides is 1. The first-order valence-corrected chi connectivity index (χ1v) is 13.2. The minimum Gasteiger partial charge on any atom is -0.318 e. The van der Waals surface area contributed by atoms with Crippen LogP contribution in [0.15, 0.2) is 89.4 Å². The zero-order valence-electron chi connectivity index (χ0n) is 18.8. The number of carbonyl (C=O) groups is 1. The van der Waals surface area contributed by atoms with Crippen LogP contribution in [-0.2, 0) is 12.2 Å². The van der Waals surface area contributed by atoms with Crippen molar-refractivity contribution in [2.75, 3.05) is 5.32 Å². The molecule has 1 amide bonds. The first-order chi connectivity index (χ1) is 17.6. The molecule has 0 saturated heterocycles. The van der Waals surface area contributed by atoms with Crippen LogP contribution in [0.5, 0.6) is 0 Å². The summed E-state index contributed by atoms with van der Waals surface area (Å²) in [6.07, 6.45) is 0.610. The van der Waals surface area contributed by atoms with Crippen LogP contribution in [0.4, 0.5) is 10.1 Å². The van der Waals surface area contributed by atoms with Crippen LogP contribution in [0.25, 0.3) is 5.69 Å². The van der Waals surface area contributed by atoms with E-state index in [2.05, 4.69) is 20.5 Å². The van der Waals surface area contributed by atoms with Gasteiger partial charge in [0.2, 0.25) is 0 Å². The van der Waals surface area contributed by atoms with Crippen LogP contribution in [0.2, 0.25) is 5.02 Å². The third kappa shape index (κ3) is 5.64. The lowest BCUT2D eigenvalue weighted by Gasteiger charge is -2.10. The van der Waals surface area contributed by atoms with Crippen molar-refractivity contribution in [1.29, 1.82) is 0 Å². The number of hydrogen-bond donors (Lipinski definition) is 1. The maximum Gasteiger partial charge on any atom is 0.275 e. The lowest BCUT2D eigenvalue weighted by molar-refractivity contribution is 0.102. The molecule has 36 heavy (non-hydrogen) atoms. The molecular formula is C26H19ClFN5OS2. The van der Waals surface area contributed by atoms with E-state index in [0.717, 1.165) is 22.1 Å². The number of rotatable bonds is 8. The second kappa shape index (κ2) is 11.0. The fourth-order valence-electron chi connectivity index (χ4n) is 3.52. The average Bonchev–Trinajstić information content (AvgIpc) is 3.52. The molecule has 3 aromatic carbocycles. The van der Waals surface area contributed by atoms with Crippen molar-refractivity contribution in [3.05, 3.63) is 117 Å². The summed E-state index contributed by atoms with van der Waals surface area (Å²) >= 11 is 9.10. The second-order valence-electron chi connectivity index (χ2n) is 7.73. The molecule has 180 valence electrons. The highest BCUT2D eigenvalue weighted by atomic mass is 35.5. The maximum absolute atomic E-state index is 13.9. The molecule has 0 unspecified atom stereocenters. The molecule has 0 aliphatic rings. The van der Waals surface area contributed by atoms with E-state index in [0.29, 0.717) is 22.4 Å². The molecule has 0 aliphatic heterocycles. The van der Waals surface area contributed by atoms with Gasteiger partial charge in [-0.25, -0.2) is 9.37 Å². The standard InChI is InChI=1S/C26H19ClFN5OS2/c27-18-9-6-10-19(14-18)33-23(13-17-7-2-1-3-8-17)31-32-26(33)36-16-24-29-22(15-35-24)25(34)30-21-12-5-4-11-20(21)28/h1-12,14-15H,13,16H2,(H,30,34). The van der Waals surface area contributed by atoms with Gasteiger partial charge in [-0.2, -0.15) is 0 Å². The first kappa shape index (κ1) is 24.2. The Hall–Kier alpha value is -3.53. The predicted molar refractivity (Wildman–Crippen MR) is 142 cm³/mol. The minimum absolute atomic E-state index is 0.118. The highest BCUT2D eigenvalue weighted by Crippen LogP contribution is 2.28. The lowest BCUT2D eigenvalue weighted by atomic mass is 10.1. The van der Waals surface area contributed by atoms with Gasteiger partial charge in [0.25, 0.3) is 5.91 Å². The van der Waals surface area contributed by atoms with Gasteiger partial charge in [0.15, 0.2) is 5.16 Å². The van der Waals surface area contributed by atoms with Crippen molar-refractivity contribution in [2.24, 2.45) is 0 Å². The Bertz CT molecular complexity index is 1510. The molecule has 0 fully saturated rings. The fraction of sp³-hybridized carbons (Fsp3) is 0.0769. The van der Waals surface area contributed by atoms with Crippen LogP contribution in [0, 0.1) is 5.82 Å². The summed E-state index contributed by atoms with van der Waals surface area (Å²) in [5, 5.41) is 15.2. The van der Waals surface area contributed by atoms with E-state index in [1.54, 1.807) is 17.5 Å². The molecule has 6 nitrogen and oxygen atoms in total. The zero-order chi connectivity index (χ0) is 24.9. The summed E-state index contributed by atoms with van der Waals surface area (Å²) in [5.74, 6) is 0.320. The quantitative estimate of drug-likeness (QED) is 0.225. The minimum atomic E-state index is -0.497. The summed E-state index contributed by atoms with van der Waals surface area (Å²) in [5.41, 5.74) is 2.34. The molecule has 5 aromatic rings.